The van der Waals surface area contributed by atoms with Gasteiger partial charge in [0.05, 0.1) is 19.6 Å². The Balaban J connectivity index is 1.89. The molecule has 122 valence electrons. The van der Waals surface area contributed by atoms with Crippen LogP contribution in [0, 0.1) is 11.6 Å². The molecule has 0 bridgehead atoms. The first-order valence-corrected chi connectivity index (χ1v) is 7.02. The molecule has 1 unspecified atom stereocenters. The Morgan fingerprint density at radius 2 is 1.91 bits per heavy atom. The predicted molar refractivity (Wildman–Crippen MR) is 81.0 cm³/mol. The third kappa shape index (κ3) is 4.75. The molecule has 2 N–H and O–H groups in total. The predicted octanol–water partition coefficient (Wildman–Crippen LogP) is 2.37. The molecule has 0 heterocycles. The van der Waals surface area contributed by atoms with Gasteiger partial charge in [-0.25, -0.2) is 8.78 Å². The summed E-state index contributed by atoms with van der Waals surface area (Å²) < 4.78 is 31.5. The average Bonchev–Trinajstić information content (AvgIpc) is 2.56. The number of aliphatic hydroxyl groups excluding tert-OH is 1. The van der Waals surface area contributed by atoms with Crippen LogP contribution in [0.25, 0.3) is 0 Å². The molecule has 1 atom stereocenters. The quantitative estimate of drug-likeness (QED) is 0.859. The SMILES string of the molecule is COc1ccc(C(O)CNC(=O)Cc2cc(F)ccc2F)cc1. The van der Waals surface area contributed by atoms with Crippen molar-refractivity contribution < 1.29 is 23.4 Å². The molecule has 0 spiro atoms. The van der Waals surface area contributed by atoms with E-state index < -0.39 is 23.6 Å². The smallest absolute Gasteiger partial charge is 0.224 e. The summed E-state index contributed by atoms with van der Waals surface area (Å²) in [6, 6.07) is 9.71. The van der Waals surface area contributed by atoms with Crippen LogP contribution in [-0.2, 0) is 11.2 Å². The molecule has 2 aromatic carbocycles. The molecule has 0 aromatic heterocycles. The van der Waals surface area contributed by atoms with E-state index in [4.69, 9.17) is 4.74 Å². The van der Waals surface area contributed by atoms with Crippen LogP contribution >= 0.6 is 0 Å². The molecule has 2 aromatic rings. The van der Waals surface area contributed by atoms with Gasteiger partial charge in [0.25, 0.3) is 0 Å². The van der Waals surface area contributed by atoms with Gasteiger partial charge in [-0.2, -0.15) is 0 Å². The van der Waals surface area contributed by atoms with Crippen LogP contribution in [0.5, 0.6) is 5.75 Å². The topological polar surface area (TPSA) is 58.6 Å². The third-order valence-electron chi connectivity index (χ3n) is 3.35. The molecule has 0 aliphatic carbocycles. The van der Waals surface area contributed by atoms with Crippen molar-refractivity contribution in [3.8, 4) is 5.75 Å². The van der Waals surface area contributed by atoms with E-state index in [9.17, 15) is 18.7 Å². The Morgan fingerprint density at radius 3 is 2.57 bits per heavy atom. The number of rotatable bonds is 6. The molecule has 0 aliphatic rings. The van der Waals surface area contributed by atoms with Gasteiger partial charge in [-0.05, 0) is 35.9 Å². The maximum Gasteiger partial charge on any atom is 0.224 e. The molecule has 0 saturated carbocycles. The summed E-state index contributed by atoms with van der Waals surface area (Å²) in [5, 5.41) is 12.5. The largest absolute Gasteiger partial charge is 0.497 e. The number of benzene rings is 2. The van der Waals surface area contributed by atoms with Crippen LogP contribution in [0.4, 0.5) is 8.78 Å². The second kappa shape index (κ2) is 7.69. The molecule has 6 heteroatoms. The lowest BCUT2D eigenvalue weighted by Gasteiger charge is -2.13. The van der Waals surface area contributed by atoms with Gasteiger partial charge in [0.1, 0.15) is 17.4 Å². The maximum absolute atomic E-state index is 13.5. The Kier molecular flexibility index (Phi) is 5.65. The van der Waals surface area contributed by atoms with Crippen LogP contribution < -0.4 is 10.1 Å². The van der Waals surface area contributed by atoms with Gasteiger partial charge in [-0.1, -0.05) is 12.1 Å². The fourth-order valence-corrected chi connectivity index (χ4v) is 2.07. The van der Waals surface area contributed by atoms with E-state index in [1.807, 2.05) is 0 Å². The second-order valence-corrected chi connectivity index (χ2v) is 5.01. The minimum absolute atomic E-state index is 0.0257. The van der Waals surface area contributed by atoms with E-state index in [1.54, 1.807) is 24.3 Å². The Bertz CT molecular complexity index is 674. The van der Waals surface area contributed by atoms with Gasteiger partial charge >= 0.3 is 0 Å². The number of carbonyl (C=O) groups excluding carboxylic acids is 1. The van der Waals surface area contributed by atoms with Crippen LogP contribution in [0.2, 0.25) is 0 Å². The van der Waals surface area contributed by atoms with Crippen LogP contribution in [0.3, 0.4) is 0 Å². The van der Waals surface area contributed by atoms with Crippen molar-refractivity contribution in [2.75, 3.05) is 13.7 Å². The highest BCUT2D eigenvalue weighted by molar-refractivity contribution is 5.78. The Morgan fingerprint density at radius 1 is 1.22 bits per heavy atom. The number of amides is 1. The highest BCUT2D eigenvalue weighted by atomic mass is 19.1. The molecule has 0 radical (unpaired) electrons. The summed E-state index contributed by atoms with van der Waals surface area (Å²) >= 11 is 0. The molecule has 0 fully saturated rings. The average molecular weight is 321 g/mol. The van der Waals surface area contributed by atoms with E-state index in [0.29, 0.717) is 11.3 Å². The van der Waals surface area contributed by atoms with Crippen LogP contribution in [0.1, 0.15) is 17.2 Å². The lowest BCUT2D eigenvalue weighted by molar-refractivity contribution is -0.120. The lowest BCUT2D eigenvalue weighted by Crippen LogP contribution is -2.29. The van der Waals surface area contributed by atoms with Crippen molar-refractivity contribution in [1.82, 2.24) is 5.32 Å². The summed E-state index contributed by atoms with van der Waals surface area (Å²) in [6.07, 6.45) is -1.19. The molecular formula is C17H17F2NO3. The van der Waals surface area contributed by atoms with Gasteiger partial charge in [-0.15, -0.1) is 0 Å². The summed E-state index contributed by atoms with van der Waals surface area (Å²) in [7, 11) is 1.54. The summed E-state index contributed by atoms with van der Waals surface area (Å²) in [4.78, 5) is 11.8. The zero-order valence-corrected chi connectivity index (χ0v) is 12.6. The number of methoxy groups -OCH3 is 1. The van der Waals surface area contributed by atoms with Crippen LogP contribution in [-0.4, -0.2) is 24.7 Å². The Labute approximate surface area is 132 Å². The zero-order chi connectivity index (χ0) is 16.8. The molecule has 1 amide bonds. The maximum atomic E-state index is 13.5. The van der Waals surface area contributed by atoms with Crippen molar-refractivity contribution in [1.29, 1.82) is 0 Å². The number of carbonyl (C=O) groups is 1. The fraction of sp³-hybridized carbons (Fsp3) is 0.235. The first-order chi connectivity index (χ1) is 11.0. The molecule has 0 aliphatic heterocycles. The van der Waals surface area contributed by atoms with Crippen molar-refractivity contribution in [3.63, 3.8) is 0 Å². The lowest BCUT2D eigenvalue weighted by atomic mass is 10.1. The summed E-state index contributed by atoms with van der Waals surface area (Å²) in [5.41, 5.74) is 0.587. The summed E-state index contributed by atoms with van der Waals surface area (Å²) in [5.74, 6) is -1.08. The number of halogens is 2. The first kappa shape index (κ1) is 16.9. The van der Waals surface area contributed by atoms with E-state index in [1.165, 1.54) is 7.11 Å². The van der Waals surface area contributed by atoms with E-state index in [-0.39, 0.29) is 18.5 Å². The van der Waals surface area contributed by atoms with Gasteiger partial charge in [0, 0.05) is 12.1 Å². The minimum Gasteiger partial charge on any atom is -0.497 e. The van der Waals surface area contributed by atoms with Gasteiger partial charge in [-0.3, -0.25) is 4.79 Å². The number of aliphatic hydroxyl groups is 1. The highest BCUT2D eigenvalue weighted by Gasteiger charge is 2.12. The van der Waals surface area contributed by atoms with E-state index in [2.05, 4.69) is 5.32 Å². The molecule has 0 saturated heterocycles. The van der Waals surface area contributed by atoms with E-state index in [0.717, 1.165) is 18.2 Å². The van der Waals surface area contributed by atoms with Crippen molar-refractivity contribution in [2.24, 2.45) is 0 Å². The molecule has 23 heavy (non-hydrogen) atoms. The molecular weight excluding hydrogens is 304 g/mol. The number of hydrogen-bond donors (Lipinski definition) is 2. The molecule has 4 nitrogen and oxygen atoms in total. The third-order valence-corrected chi connectivity index (χ3v) is 3.35. The molecule has 2 rings (SSSR count). The van der Waals surface area contributed by atoms with Crippen molar-refractivity contribution in [2.45, 2.75) is 12.5 Å². The number of ether oxygens (including phenoxy) is 1. The van der Waals surface area contributed by atoms with Crippen LogP contribution in [0.15, 0.2) is 42.5 Å². The normalized spacial score (nSPS) is 11.8. The number of hydrogen-bond acceptors (Lipinski definition) is 3. The van der Waals surface area contributed by atoms with E-state index >= 15 is 0 Å². The second-order valence-electron chi connectivity index (χ2n) is 5.01. The fourth-order valence-electron chi connectivity index (χ4n) is 2.07. The minimum atomic E-state index is -0.901. The Hall–Kier alpha value is -2.47. The van der Waals surface area contributed by atoms with Gasteiger partial charge < -0.3 is 15.2 Å². The summed E-state index contributed by atoms with van der Waals surface area (Å²) in [6.45, 7) is -0.0257. The van der Waals surface area contributed by atoms with Gasteiger partial charge in [0.15, 0.2) is 0 Å². The number of nitrogens with one attached hydrogen (secondary N) is 1. The first-order valence-electron chi connectivity index (χ1n) is 7.02. The van der Waals surface area contributed by atoms with Gasteiger partial charge in [0.2, 0.25) is 5.91 Å². The van der Waals surface area contributed by atoms with Crippen molar-refractivity contribution >= 4 is 5.91 Å². The highest BCUT2D eigenvalue weighted by Crippen LogP contribution is 2.17. The monoisotopic (exact) mass is 321 g/mol. The standard InChI is InChI=1S/C17H17F2NO3/c1-23-14-5-2-11(3-6-14)16(21)10-20-17(22)9-12-8-13(18)4-7-15(12)19/h2-8,16,21H,9-10H2,1H3,(H,20,22). The van der Waals surface area contributed by atoms with Crippen molar-refractivity contribution in [3.05, 3.63) is 65.2 Å². The zero-order valence-electron chi connectivity index (χ0n) is 12.6.